The van der Waals surface area contributed by atoms with Gasteiger partial charge in [0.2, 0.25) is 0 Å². The third kappa shape index (κ3) is 2.29. The zero-order chi connectivity index (χ0) is 12.8. The van der Waals surface area contributed by atoms with Crippen LogP contribution in [-0.2, 0) is 12.1 Å². The topological polar surface area (TPSA) is 46.0 Å². The maximum absolute atomic E-state index is 4.30. The minimum Gasteiger partial charge on any atom is -0.316 e. The van der Waals surface area contributed by atoms with Crippen molar-refractivity contribution in [2.45, 2.75) is 32.9 Å². The van der Waals surface area contributed by atoms with Crippen LogP contribution < -0.4 is 5.32 Å². The van der Waals surface area contributed by atoms with Gasteiger partial charge in [-0.25, -0.2) is 4.68 Å². The Morgan fingerprint density at radius 3 is 2.50 bits per heavy atom. The Hall–Kier alpha value is -0.940. The molecule has 2 fully saturated rings. The van der Waals surface area contributed by atoms with E-state index in [1.807, 2.05) is 4.68 Å². The molecule has 0 spiro atoms. The monoisotopic (exact) mass is 249 g/mol. The molecule has 0 unspecified atom stereocenters. The van der Waals surface area contributed by atoms with E-state index in [1.165, 1.54) is 26.2 Å². The molecule has 18 heavy (non-hydrogen) atoms. The van der Waals surface area contributed by atoms with E-state index in [0.717, 1.165) is 24.1 Å². The van der Waals surface area contributed by atoms with Gasteiger partial charge in [-0.2, -0.15) is 0 Å². The van der Waals surface area contributed by atoms with Crippen molar-refractivity contribution < 1.29 is 0 Å². The fraction of sp³-hybridized carbons (Fsp3) is 0.846. The predicted octanol–water partition coefficient (Wildman–Crippen LogP) is 0.684. The highest BCUT2D eigenvalue weighted by Gasteiger charge is 2.36. The Balaban J connectivity index is 1.62. The second-order valence-corrected chi connectivity index (χ2v) is 6.70. The van der Waals surface area contributed by atoms with E-state index < -0.39 is 0 Å². The number of likely N-dealkylation sites (tertiary alicyclic amines) is 1. The van der Waals surface area contributed by atoms with Crippen LogP contribution in [0.3, 0.4) is 0 Å². The summed E-state index contributed by atoms with van der Waals surface area (Å²) in [6.07, 6.45) is 2.09. The maximum atomic E-state index is 4.30. The van der Waals surface area contributed by atoms with Gasteiger partial charge < -0.3 is 5.32 Å². The highest BCUT2D eigenvalue weighted by Crippen LogP contribution is 2.27. The van der Waals surface area contributed by atoms with Gasteiger partial charge in [-0.05, 0) is 45.7 Å². The first-order valence-electron chi connectivity index (χ1n) is 6.87. The fourth-order valence-electron chi connectivity index (χ4n) is 3.01. The molecular weight excluding hydrogens is 226 g/mol. The molecule has 3 rings (SSSR count). The van der Waals surface area contributed by atoms with Gasteiger partial charge in [0.1, 0.15) is 0 Å². The molecule has 1 aromatic heterocycles. The molecule has 0 saturated carbocycles. The molecular formula is C13H23N5. The lowest BCUT2D eigenvalue weighted by molar-refractivity contribution is 0.302. The van der Waals surface area contributed by atoms with Crippen molar-refractivity contribution in [2.24, 2.45) is 11.8 Å². The van der Waals surface area contributed by atoms with Crippen molar-refractivity contribution in [3.8, 4) is 0 Å². The van der Waals surface area contributed by atoms with E-state index in [-0.39, 0.29) is 5.54 Å². The van der Waals surface area contributed by atoms with Gasteiger partial charge >= 0.3 is 0 Å². The zero-order valence-electron chi connectivity index (χ0n) is 11.6. The third-order valence-corrected chi connectivity index (χ3v) is 4.08. The molecule has 0 radical (unpaired) electrons. The van der Waals surface area contributed by atoms with Crippen LogP contribution in [-0.4, -0.2) is 46.1 Å². The van der Waals surface area contributed by atoms with Gasteiger partial charge in [0.15, 0.2) is 0 Å². The fourth-order valence-corrected chi connectivity index (χ4v) is 3.01. The molecule has 2 atom stereocenters. The predicted molar refractivity (Wildman–Crippen MR) is 70.1 cm³/mol. The van der Waals surface area contributed by atoms with Gasteiger partial charge in [0.05, 0.1) is 17.4 Å². The van der Waals surface area contributed by atoms with Crippen molar-refractivity contribution in [3.63, 3.8) is 0 Å². The van der Waals surface area contributed by atoms with Crippen LogP contribution in [0.1, 0.15) is 26.5 Å². The van der Waals surface area contributed by atoms with E-state index in [4.69, 9.17) is 0 Å². The summed E-state index contributed by atoms with van der Waals surface area (Å²) in [5.74, 6) is 1.70. The molecule has 2 saturated heterocycles. The average molecular weight is 249 g/mol. The summed E-state index contributed by atoms with van der Waals surface area (Å²) in [7, 11) is 0. The average Bonchev–Trinajstić information content (AvgIpc) is 2.90. The normalized spacial score (nSPS) is 28.8. The molecule has 2 aliphatic rings. The lowest BCUT2D eigenvalue weighted by Crippen LogP contribution is -2.25. The van der Waals surface area contributed by atoms with Crippen molar-refractivity contribution in [3.05, 3.63) is 11.9 Å². The zero-order valence-corrected chi connectivity index (χ0v) is 11.6. The second-order valence-electron chi connectivity index (χ2n) is 6.70. The Kier molecular flexibility index (Phi) is 2.90. The highest BCUT2D eigenvalue weighted by molar-refractivity contribution is 4.98. The van der Waals surface area contributed by atoms with Crippen molar-refractivity contribution >= 4 is 0 Å². The van der Waals surface area contributed by atoms with E-state index in [9.17, 15) is 0 Å². The quantitative estimate of drug-likeness (QED) is 0.837. The number of nitrogens with zero attached hydrogens (tertiary/aromatic N) is 4. The number of hydrogen-bond acceptors (Lipinski definition) is 4. The largest absolute Gasteiger partial charge is 0.316 e. The summed E-state index contributed by atoms with van der Waals surface area (Å²) in [6, 6.07) is 0. The lowest BCUT2D eigenvalue weighted by Gasteiger charge is -2.18. The van der Waals surface area contributed by atoms with Gasteiger partial charge in [0.25, 0.3) is 0 Å². The number of aromatic nitrogens is 3. The Labute approximate surface area is 109 Å². The molecule has 2 aliphatic heterocycles. The standard InChI is InChI=1S/C13H23N5/c1-13(2,3)18-9-12(15-16-18)8-17-6-10-4-14-5-11(10)7-17/h9-11,14H,4-8H2,1-3H3/t10-,11+. The maximum Gasteiger partial charge on any atom is 0.0967 e. The van der Waals surface area contributed by atoms with Crippen LogP contribution in [0.15, 0.2) is 6.20 Å². The lowest BCUT2D eigenvalue weighted by atomic mass is 10.0. The van der Waals surface area contributed by atoms with Gasteiger partial charge in [-0.1, -0.05) is 5.21 Å². The first-order chi connectivity index (χ1) is 8.52. The molecule has 0 bridgehead atoms. The molecule has 0 aromatic carbocycles. The number of fused-ring (bicyclic) bond motifs is 1. The molecule has 1 aromatic rings. The Morgan fingerprint density at radius 2 is 1.94 bits per heavy atom. The van der Waals surface area contributed by atoms with E-state index >= 15 is 0 Å². The van der Waals surface area contributed by atoms with Gasteiger partial charge in [-0.15, -0.1) is 5.10 Å². The summed E-state index contributed by atoms with van der Waals surface area (Å²) >= 11 is 0. The Morgan fingerprint density at radius 1 is 1.28 bits per heavy atom. The molecule has 0 aliphatic carbocycles. The number of rotatable bonds is 2. The van der Waals surface area contributed by atoms with E-state index in [1.54, 1.807) is 0 Å². The summed E-state index contributed by atoms with van der Waals surface area (Å²) in [5, 5.41) is 12.0. The molecule has 100 valence electrons. The first kappa shape index (κ1) is 12.1. The van der Waals surface area contributed by atoms with Crippen LogP contribution >= 0.6 is 0 Å². The molecule has 3 heterocycles. The van der Waals surface area contributed by atoms with Crippen molar-refractivity contribution in [1.82, 2.24) is 25.2 Å². The minimum absolute atomic E-state index is 0.0245. The molecule has 5 heteroatoms. The minimum atomic E-state index is 0.0245. The summed E-state index contributed by atoms with van der Waals surface area (Å²) in [4.78, 5) is 2.52. The van der Waals surface area contributed by atoms with Crippen LogP contribution in [0.2, 0.25) is 0 Å². The molecule has 5 nitrogen and oxygen atoms in total. The van der Waals surface area contributed by atoms with Gasteiger partial charge in [-0.3, -0.25) is 4.90 Å². The SMILES string of the molecule is CC(C)(C)n1cc(CN2C[C@H]3CNC[C@H]3C2)nn1. The van der Waals surface area contributed by atoms with Crippen LogP contribution in [0.25, 0.3) is 0 Å². The van der Waals surface area contributed by atoms with Crippen LogP contribution in [0, 0.1) is 11.8 Å². The smallest absolute Gasteiger partial charge is 0.0967 e. The van der Waals surface area contributed by atoms with Gasteiger partial charge in [0, 0.05) is 19.6 Å². The van der Waals surface area contributed by atoms with E-state index in [2.05, 4.69) is 47.5 Å². The Bertz CT molecular complexity index is 407. The summed E-state index contributed by atoms with van der Waals surface area (Å²) in [6.45, 7) is 12.2. The summed E-state index contributed by atoms with van der Waals surface area (Å²) in [5.41, 5.74) is 1.12. The number of nitrogens with one attached hydrogen (secondary N) is 1. The molecule has 1 N–H and O–H groups in total. The molecule has 0 amide bonds. The third-order valence-electron chi connectivity index (χ3n) is 4.08. The van der Waals surface area contributed by atoms with Crippen LogP contribution in [0.5, 0.6) is 0 Å². The first-order valence-corrected chi connectivity index (χ1v) is 6.87. The van der Waals surface area contributed by atoms with Crippen molar-refractivity contribution in [1.29, 1.82) is 0 Å². The number of hydrogen-bond donors (Lipinski definition) is 1. The van der Waals surface area contributed by atoms with Crippen molar-refractivity contribution in [2.75, 3.05) is 26.2 Å². The highest BCUT2D eigenvalue weighted by atomic mass is 15.4. The van der Waals surface area contributed by atoms with E-state index in [0.29, 0.717) is 0 Å². The summed E-state index contributed by atoms with van der Waals surface area (Å²) < 4.78 is 1.96. The second kappa shape index (κ2) is 4.31. The van der Waals surface area contributed by atoms with Crippen LogP contribution in [0.4, 0.5) is 0 Å².